The Bertz CT molecular complexity index is 614. The van der Waals surface area contributed by atoms with Gasteiger partial charge in [0.2, 0.25) is 0 Å². The molecule has 2 fully saturated rings. The zero-order chi connectivity index (χ0) is 20.0. The molecule has 4 nitrogen and oxygen atoms in total. The molecule has 0 aliphatic carbocycles. The topological polar surface area (TPSA) is 36.9 Å². The molecule has 2 saturated heterocycles. The van der Waals surface area contributed by atoms with Crippen LogP contribution < -0.4 is 0 Å². The van der Waals surface area contributed by atoms with Gasteiger partial charge in [-0.3, -0.25) is 0 Å². The smallest absolute Gasteiger partial charge is 0.352 e. The third-order valence-electron chi connectivity index (χ3n) is 4.92. The normalized spacial score (nSPS) is 29.3. The van der Waals surface area contributed by atoms with E-state index >= 15 is 0 Å². The summed E-state index contributed by atoms with van der Waals surface area (Å²) in [4.78, 5) is 0. The molecule has 0 aromatic heterocycles. The van der Waals surface area contributed by atoms with Gasteiger partial charge in [0.15, 0.2) is 12.6 Å². The number of hydrogen-bond donors (Lipinski definition) is 0. The van der Waals surface area contributed by atoms with Gasteiger partial charge in [0.05, 0.1) is 32.0 Å². The average Bonchev–Trinajstić information content (AvgIpc) is 2.71. The molecular formula is C21H27F3O4. The van der Waals surface area contributed by atoms with Crippen LogP contribution in [-0.4, -0.2) is 32.7 Å². The van der Waals surface area contributed by atoms with Crippen molar-refractivity contribution in [3.8, 4) is 0 Å². The van der Waals surface area contributed by atoms with Crippen LogP contribution in [0.15, 0.2) is 36.4 Å². The van der Waals surface area contributed by atoms with Crippen molar-refractivity contribution in [3.63, 3.8) is 0 Å². The molecule has 3 rings (SSSR count). The van der Waals surface area contributed by atoms with E-state index in [1.54, 1.807) is 0 Å². The lowest BCUT2D eigenvalue weighted by Gasteiger charge is -2.32. The van der Waals surface area contributed by atoms with E-state index in [1.165, 1.54) is 12.1 Å². The van der Waals surface area contributed by atoms with Crippen LogP contribution in [0.1, 0.15) is 43.6 Å². The SMILES string of the molecule is CC/C=C/[C@H]1CO[C@H](CCC2COC(c3ccc(C(F)(F)F)cc3)OC2)OC1. The molecule has 0 unspecified atom stereocenters. The lowest BCUT2D eigenvalue weighted by Crippen LogP contribution is -2.33. The third-order valence-corrected chi connectivity index (χ3v) is 4.92. The molecule has 7 heteroatoms. The van der Waals surface area contributed by atoms with Crippen LogP contribution in [-0.2, 0) is 25.1 Å². The summed E-state index contributed by atoms with van der Waals surface area (Å²) < 4.78 is 60.9. The number of benzene rings is 1. The minimum atomic E-state index is -4.34. The van der Waals surface area contributed by atoms with Crippen LogP contribution >= 0.6 is 0 Å². The van der Waals surface area contributed by atoms with Gasteiger partial charge >= 0.3 is 6.18 Å². The molecule has 0 amide bonds. The number of halogens is 3. The first kappa shape index (κ1) is 21.3. The number of alkyl halides is 3. The highest BCUT2D eigenvalue weighted by Gasteiger charge is 2.31. The largest absolute Gasteiger partial charge is 0.416 e. The minimum absolute atomic E-state index is 0.195. The molecule has 1 aromatic carbocycles. The Hall–Kier alpha value is -1.41. The second kappa shape index (κ2) is 9.87. The predicted molar refractivity (Wildman–Crippen MR) is 97.4 cm³/mol. The highest BCUT2D eigenvalue weighted by Crippen LogP contribution is 2.32. The van der Waals surface area contributed by atoms with Crippen molar-refractivity contribution in [2.45, 2.75) is 44.9 Å². The maximum Gasteiger partial charge on any atom is 0.416 e. The molecule has 0 atom stereocenters. The van der Waals surface area contributed by atoms with Gasteiger partial charge in [0.25, 0.3) is 0 Å². The van der Waals surface area contributed by atoms with E-state index in [0.29, 0.717) is 37.9 Å². The number of ether oxygens (including phenoxy) is 4. The van der Waals surface area contributed by atoms with Gasteiger partial charge < -0.3 is 18.9 Å². The molecule has 0 spiro atoms. The Morgan fingerprint density at radius 2 is 1.57 bits per heavy atom. The van der Waals surface area contributed by atoms with Crippen molar-refractivity contribution in [2.24, 2.45) is 11.8 Å². The predicted octanol–water partition coefficient (Wildman–Crippen LogP) is 5.10. The molecule has 2 aliphatic heterocycles. The van der Waals surface area contributed by atoms with Gasteiger partial charge in [-0.2, -0.15) is 13.2 Å². The van der Waals surface area contributed by atoms with Gasteiger partial charge in [-0.15, -0.1) is 0 Å². The summed E-state index contributed by atoms with van der Waals surface area (Å²) in [7, 11) is 0. The Labute approximate surface area is 163 Å². The summed E-state index contributed by atoms with van der Waals surface area (Å²) in [5.41, 5.74) is -0.0820. The molecule has 0 bridgehead atoms. The van der Waals surface area contributed by atoms with Crippen molar-refractivity contribution in [1.29, 1.82) is 0 Å². The van der Waals surface area contributed by atoms with E-state index in [1.807, 2.05) is 0 Å². The second-order valence-corrected chi connectivity index (χ2v) is 7.25. The first-order valence-corrected chi connectivity index (χ1v) is 9.76. The summed E-state index contributed by atoms with van der Waals surface area (Å²) >= 11 is 0. The molecule has 0 N–H and O–H groups in total. The molecule has 2 heterocycles. The van der Waals surface area contributed by atoms with Crippen molar-refractivity contribution in [1.82, 2.24) is 0 Å². The summed E-state index contributed by atoms with van der Waals surface area (Å²) in [6.45, 7) is 4.45. The van der Waals surface area contributed by atoms with Crippen LogP contribution in [0.2, 0.25) is 0 Å². The lowest BCUT2D eigenvalue weighted by atomic mass is 10.0. The van der Waals surface area contributed by atoms with Gasteiger partial charge in [-0.05, 0) is 31.4 Å². The van der Waals surface area contributed by atoms with E-state index in [9.17, 15) is 13.2 Å². The molecular weight excluding hydrogens is 373 g/mol. The Morgan fingerprint density at radius 3 is 2.14 bits per heavy atom. The second-order valence-electron chi connectivity index (χ2n) is 7.25. The molecule has 28 heavy (non-hydrogen) atoms. The van der Waals surface area contributed by atoms with Crippen LogP contribution in [0.5, 0.6) is 0 Å². The van der Waals surface area contributed by atoms with E-state index in [-0.39, 0.29) is 12.2 Å². The summed E-state index contributed by atoms with van der Waals surface area (Å²) in [6.07, 6.45) is 1.74. The van der Waals surface area contributed by atoms with Gasteiger partial charge in [0, 0.05) is 17.4 Å². The zero-order valence-corrected chi connectivity index (χ0v) is 16.0. The lowest BCUT2D eigenvalue weighted by molar-refractivity contribution is -0.217. The fourth-order valence-electron chi connectivity index (χ4n) is 3.27. The van der Waals surface area contributed by atoms with Crippen molar-refractivity contribution in [3.05, 3.63) is 47.5 Å². The Balaban J connectivity index is 1.37. The van der Waals surface area contributed by atoms with E-state index in [4.69, 9.17) is 18.9 Å². The van der Waals surface area contributed by atoms with Crippen LogP contribution in [0, 0.1) is 11.8 Å². The third kappa shape index (κ3) is 6.04. The van der Waals surface area contributed by atoms with Crippen molar-refractivity contribution >= 4 is 0 Å². The standard InChI is InChI=1S/C21H27F3O4/c1-2-3-4-15-11-25-19(26-12-15)10-5-16-13-27-20(28-14-16)17-6-8-18(9-7-17)21(22,23)24/h3-4,6-9,15-16,19-20H,2,5,10-14H2,1H3/b4-3+/t15-,16?,19-,20?. The quantitative estimate of drug-likeness (QED) is 0.623. The van der Waals surface area contributed by atoms with Crippen LogP contribution in [0.3, 0.4) is 0 Å². The van der Waals surface area contributed by atoms with Crippen LogP contribution in [0.4, 0.5) is 13.2 Å². The van der Waals surface area contributed by atoms with E-state index in [0.717, 1.165) is 31.4 Å². The maximum absolute atomic E-state index is 12.6. The maximum atomic E-state index is 12.6. The van der Waals surface area contributed by atoms with Gasteiger partial charge in [-0.25, -0.2) is 0 Å². The fourth-order valence-corrected chi connectivity index (χ4v) is 3.27. The van der Waals surface area contributed by atoms with E-state index < -0.39 is 18.0 Å². The Kier molecular flexibility index (Phi) is 7.51. The first-order valence-electron chi connectivity index (χ1n) is 9.76. The molecule has 0 saturated carbocycles. The van der Waals surface area contributed by atoms with Gasteiger partial charge in [0.1, 0.15) is 0 Å². The average molecular weight is 400 g/mol. The molecule has 1 aromatic rings. The monoisotopic (exact) mass is 400 g/mol. The minimum Gasteiger partial charge on any atom is -0.352 e. The molecule has 2 aliphatic rings. The Morgan fingerprint density at radius 1 is 0.929 bits per heavy atom. The van der Waals surface area contributed by atoms with Crippen molar-refractivity contribution < 1.29 is 32.1 Å². The summed E-state index contributed by atoms with van der Waals surface area (Å²) in [6, 6.07) is 4.91. The highest BCUT2D eigenvalue weighted by atomic mass is 19.4. The zero-order valence-electron chi connectivity index (χ0n) is 16.0. The number of rotatable bonds is 6. The molecule has 156 valence electrons. The number of hydrogen-bond acceptors (Lipinski definition) is 4. The summed E-state index contributed by atoms with van der Waals surface area (Å²) in [5.74, 6) is 0.539. The van der Waals surface area contributed by atoms with Crippen LogP contribution in [0.25, 0.3) is 0 Å². The summed E-state index contributed by atoms with van der Waals surface area (Å²) in [5, 5.41) is 0. The van der Waals surface area contributed by atoms with E-state index in [2.05, 4.69) is 19.1 Å². The highest BCUT2D eigenvalue weighted by molar-refractivity contribution is 5.25. The molecule has 0 radical (unpaired) electrons. The number of allylic oxidation sites excluding steroid dienone is 1. The first-order chi connectivity index (χ1) is 13.5. The van der Waals surface area contributed by atoms with Gasteiger partial charge in [-0.1, -0.05) is 31.2 Å². The van der Waals surface area contributed by atoms with Crippen molar-refractivity contribution in [2.75, 3.05) is 26.4 Å². The fraction of sp³-hybridized carbons (Fsp3) is 0.619.